The molecule has 2 aliphatic heterocycles. The summed E-state index contributed by atoms with van der Waals surface area (Å²) in [5.41, 5.74) is 5.02. The Morgan fingerprint density at radius 3 is 2.81 bits per heavy atom. The summed E-state index contributed by atoms with van der Waals surface area (Å²) < 4.78 is 6.13. The molecule has 2 aromatic rings. The van der Waals surface area contributed by atoms with E-state index in [0.29, 0.717) is 6.61 Å². The van der Waals surface area contributed by atoms with Crippen molar-refractivity contribution >= 4 is 46.4 Å². The molecule has 1 aromatic heterocycles. The second-order valence-corrected chi connectivity index (χ2v) is 9.30. The van der Waals surface area contributed by atoms with Crippen molar-refractivity contribution in [1.29, 1.82) is 0 Å². The van der Waals surface area contributed by atoms with E-state index in [1.807, 2.05) is 0 Å². The molecule has 2 fully saturated rings. The summed E-state index contributed by atoms with van der Waals surface area (Å²) in [7, 11) is 0. The lowest BCUT2D eigenvalue weighted by Gasteiger charge is -2.36. The lowest BCUT2D eigenvalue weighted by atomic mass is 10.00. The number of nitrogens with zero attached hydrogens (tertiary/aromatic N) is 4. The molecule has 0 amide bonds. The first-order chi connectivity index (χ1) is 15.1. The molecule has 3 heterocycles. The minimum Gasteiger partial charge on any atom is -0.370 e. The third-order valence-electron chi connectivity index (χ3n) is 6.02. The van der Waals surface area contributed by atoms with Gasteiger partial charge < -0.3 is 19.9 Å². The summed E-state index contributed by atoms with van der Waals surface area (Å²) in [6.45, 7) is 12.7. The highest BCUT2D eigenvalue weighted by molar-refractivity contribution is 14.0. The summed E-state index contributed by atoms with van der Waals surface area (Å²) in [6, 6.07) is 6.62. The van der Waals surface area contributed by atoms with E-state index in [4.69, 9.17) is 14.7 Å². The van der Waals surface area contributed by atoms with Crippen LogP contribution in [0.5, 0.6) is 0 Å². The maximum Gasteiger partial charge on any atom is 0.194 e. The molecule has 1 unspecified atom stereocenters. The van der Waals surface area contributed by atoms with Crippen molar-refractivity contribution in [3.8, 4) is 0 Å². The van der Waals surface area contributed by atoms with E-state index in [0.717, 1.165) is 57.3 Å². The number of aliphatic imine (C=N–C) groups is 1. The number of hydrogen-bond acceptors (Lipinski definition) is 5. The van der Waals surface area contributed by atoms with Gasteiger partial charge in [-0.05, 0) is 44.7 Å². The van der Waals surface area contributed by atoms with Crippen molar-refractivity contribution < 1.29 is 4.74 Å². The molecule has 0 saturated carbocycles. The molecular weight excluding hydrogens is 533 g/mol. The van der Waals surface area contributed by atoms with E-state index in [-0.39, 0.29) is 30.1 Å². The van der Waals surface area contributed by atoms with Gasteiger partial charge in [-0.25, -0.2) is 4.98 Å². The molecule has 1 atom stereocenters. The average molecular weight is 570 g/mol. The van der Waals surface area contributed by atoms with Gasteiger partial charge in [-0.15, -0.1) is 35.3 Å². The Bertz CT molecular complexity index is 896. The molecule has 6 nitrogen and oxygen atoms in total. The number of benzene rings is 1. The second-order valence-electron chi connectivity index (χ2n) is 8.47. The Hall–Kier alpha value is -1.39. The molecule has 2 saturated heterocycles. The van der Waals surface area contributed by atoms with Crippen LogP contribution in [0.1, 0.15) is 48.3 Å². The number of morpholine rings is 1. The number of rotatable bonds is 6. The maximum atomic E-state index is 6.13. The van der Waals surface area contributed by atoms with E-state index in [9.17, 15) is 0 Å². The first-order valence-electron chi connectivity index (χ1n) is 11.6. The van der Waals surface area contributed by atoms with E-state index >= 15 is 0 Å². The fraction of sp³-hybridized carbons (Fsp3) is 0.583. The zero-order chi connectivity index (χ0) is 21.6. The van der Waals surface area contributed by atoms with Crippen molar-refractivity contribution in [3.05, 3.63) is 46.0 Å². The largest absolute Gasteiger partial charge is 0.370 e. The number of aromatic nitrogens is 1. The van der Waals surface area contributed by atoms with Crippen LogP contribution in [0.2, 0.25) is 0 Å². The van der Waals surface area contributed by atoms with Gasteiger partial charge in [-0.3, -0.25) is 4.99 Å². The fourth-order valence-electron chi connectivity index (χ4n) is 4.38. The summed E-state index contributed by atoms with van der Waals surface area (Å²) in [6.07, 6.45) is 3.53. The van der Waals surface area contributed by atoms with Crippen LogP contribution >= 0.6 is 35.3 Å². The first-order valence-corrected chi connectivity index (χ1v) is 12.4. The van der Waals surface area contributed by atoms with Gasteiger partial charge in [-0.1, -0.05) is 23.8 Å². The third-order valence-corrected chi connectivity index (χ3v) is 6.97. The molecular formula is C24H36IN5OS. The smallest absolute Gasteiger partial charge is 0.194 e. The molecule has 176 valence electrons. The lowest BCUT2D eigenvalue weighted by molar-refractivity contribution is -0.00833. The van der Waals surface area contributed by atoms with Crippen LogP contribution in [-0.2, 0) is 11.2 Å². The molecule has 0 spiro atoms. The fourth-order valence-corrected chi connectivity index (χ4v) is 5.30. The highest BCUT2D eigenvalue weighted by Gasteiger charge is 2.25. The van der Waals surface area contributed by atoms with Gasteiger partial charge in [0.15, 0.2) is 11.1 Å². The normalized spacial score (nSPS) is 19.2. The Kier molecular flexibility index (Phi) is 9.61. The Morgan fingerprint density at radius 1 is 1.25 bits per heavy atom. The van der Waals surface area contributed by atoms with Crippen LogP contribution in [0.15, 0.2) is 28.6 Å². The van der Waals surface area contributed by atoms with Gasteiger partial charge in [0.2, 0.25) is 0 Å². The van der Waals surface area contributed by atoms with Gasteiger partial charge in [0.05, 0.1) is 18.8 Å². The molecule has 2 aliphatic rings. The SMILES string of the molecule is CCNC(=NCCc1csc(N2CCCC2)n1)N1CCOC(c2ccc(C)cc2C)C1.I. The summed E-state index contributed by atoms with van der Waals surface area (Å²) in [4.78, 5) is 14.5. The number of nitrogens with one attached hydrogen (secondary N) is 1. The standard InChI is InChI=1S/C24H35N5OS.HI/c1-4-25-23(26-10-9-20-17-31-24(27-20)28-11-5-6-12-28)29-13-14-30-22(16-29)21-8-7-18(2)15-19(21)3;/h7-8,15,17,22H,4-6,9-14,16H2,1-3H3,(H,25,26);1H. The highest BCUT2D eigenvalue weighted by Crippen LogP contribution is 2.26. The molecule has 32 heavy (non-hydrogen) atoms. The molecule has 1 N–H and O–H groups in total. The van der Waals surface area contributed by atoms with Crippen LogP contribution in [0.25, 0.3) is 0 Å². The number of anilines is 1. The number of ether oxygens (including phenoxy) is 1. The summed E-state index contributed by atoms with van der Waals surface area (Å²) in [5, 5.41) is 6.85. The van der Waals surface area contributed by atoms with E-state index < -0.39 is 0 Å². The van der Waals surface area contributed by atoms with Gasteiger partial charge in [0.25, 0.3) is 0 Å². The molecule has 0 radical (unpaired) electrons. The van der Waals surface area contributed by atoms with Crippen LogP contribution in [0.4, 0.5) is 5.13 Å². The highest BCUT2D eigenvalue weighted by atomic mass is 127. The van der Waals surface area contributed by atoms with Gasteiger partial charge >= 0.3 is 0 Å². The van der Waals surface area contributed by atoms with Crippen molar-refractivity contribution in [3.63, 3.8) is 0 Å². The zero-order valence-electron chi connectivity index (χ0n) is 19.5. The molecule has 4 rings (SSSR count). The quantitative estimate of drug-likeness (QED) is 0.314. The Labute approximate surface area is 213 Å². The lowest BCUT2D eigenvalue weighted by Crippen LogP contribution is -2.48. The van der Waals surface area contributed by atoms with Gasteiger partial charge in [0, 0.05) is 44.5 Å². The van der Waals surface area contributed by atoms with E-state index in [1.165, 1.54) is 34.7 Å². The second kappa shape index (κ2) is 12.2. The zero-order valence-corrected chi connectivity index (χ0v) is 22.6. The predicted octanol–water partition coefficient (Wildman–Crippen LogP) is 4.56. The number of hydrogen-bond donors (Lipinski definition) is 1. The number of thiazole rings is 1. The van der Waals surface area contributed by atoms with Crippen LogP contribution in [0, 0.1) is 13.8 Å². The van der Waals surface area contributed by atoms with Gasteiger partial charge in [-0.2, -0.15) is 0 Å². The Morgan fingerprint density at radius 2 is 2.06 bits per heavy atom. The first kappa shape index (κ1) is 25.2. The topological polar surface area (TPSA) is 53.0 Å². The minimum atomic E-state index is 0. The number of aryl methyl sites for hydroxylation is 2. The van der Waals surface area contributed by atoms with Crippen molar-refractivity contribution in [2.24, 2.45) is 4.99 Å². The van der Waals surface area contributed by atoms with Crippen LogP contribution in [-0.4, -0.2) is 61.7 Å². The van der Waals surface area contributed by atoms with Crippen molar-refractivity contribution in [1.82, 2.24) is 15.2 Å². The van der Waals surface area contributed by atoms with Crippen molar-refractivity contribution in [2.45, 2.75) is 46.1 Å². The monoisotopic (exact) mass is 569 g/mol. The summed E-state index contributed by atoms with van der Waals surface area (Å²) >= 11 is 1.77. The van der Waals surface area contributed by atoms with E-state index in [1.54, 1.807) is 11.3 Å². The molecule has 0 aliphatic carbocycles. The average Bonchev–Trinajstić information content (AvgIpc) is 3.45. The summed E-state index contributed by atoms with van der Waals surface area (Å²) in [5.74, 6) is 0.982. The van der Waals surface area contributed by atoms with Crippen LogP contribution < -0.4 is 10.2 Å². The molecule has 8 heteroatoms. The predicted molar refractivity (Wildman–Crippen MR) is 145 cm³/mol. The molecule has 1 aromatic carbocycles. The minimum absolute atomic E-state index is 0. The van der Waals surface area contributed by atoms with Crippen LogP contribution in [0.3, 0.4) is 0 Å². The maximum absolute atomic E-state index is 6.13. The van der Waals surface area contributed by atoms with Gasteiger partial charge in [0.1, 0.15) is 6.10 Å². The molecule has 0 bridgehead atoms. The van der Waals surface area contributed by atoms with Crippen molar-refractivity contribution in [2.75, 3.05) is 50.8 Å². The van der Waals surface area contributed by atoms with E-state index in [2.05, 4.69) is 59.5 Å². The number of guanidine groups is 1. The third kappa shape index (κ3) is 6.35. The Balaban J connectivity index is 0.00000289. The number of halogens is 1.